The van der Waals surface area contributed by atoms with Crippen molar-refractivity contribution >= 4 is 14.3 Å². The summed E-state index contributed by atoms with van der Waals surface area (Å²) in [7, 11) is -0.194. The molecule has 0 aromatic carbocycles. The molecule has 3 nitrogen and oxygen atoms in total. The highest BCUT2D eigenvalue weighted by Gasteiger charge is 2.34. The van der Waals surface area contributed by atoms with E-state index in [9.17, 15) is 4.79 Å². The molecule has 1 rings (SSSR count). The fourth-order valence-corrected chi connectivity index (χ4v) is 2.01. The van der Waals surface area contributed by atoms with Crippen LogP contribution >= 0.6 is 0 Å². The topological polar surface area (TPSA) is 35.5 Å². The van der Waals surface area contributed by atoms with Gasteiger partial charge in [-0.15, -0.1) is 0 Å². The Morgan fingerprint density at radius 2 is 2.06 bits per heavy atom. The zero-order valence-electron chi connectivity index (χ0n) is 10.9. The third-order valence-corrected chi connectivity index (χ3v) is 3.29. The molecule has 1 aliphatic carbocycles. The Labute approximate surface area is 104 Å². The van der Waals surface area contributed by atoms with Gasteiger partial charge < -0.3 is 9.16 Å². The number of carbonyl (C=O) groups excluding carboxylic acids is 1. The van der Waals surface area contributed by atoms with Crippen LogP contribution in [0.3, 0.4) is 0 Å². The molecule has 0 saturated carbocycles. The van der Waals surface area contributed by atoms with E-state index in [1.54, 1.807) is 12.3 Å². The number of ether oxygens (including phenoxy) is 1. The number of hydrogen-bond donors (Lipinski definition) is 0. The number of methoxy groups -OCH3 is 1. The van der Waals surface area contributed by atoms with Crippen molar-refractivity contribution in [2.45, 2.75) is 26.1 Å². The van der Waals surface area contributed by atoms with E-state index in [2.05, 4.69) is 19.6 Å². The van der Waals surface area contributed by atoms with Crippen LogP contribution in [0.5, 0.6) is 0 Å². The van der Waals surface area contributed by atoms with Crippen LogP contribution in [0.15, 0.2) is 36.6 Å². The second-order valence-corrected chi connectivity index (χ2v) is 9.52. The maximum atomic E-state index is 11.8. The van der Waals surface area contributed by atoms with Gasteiger partial charge in [0.05, 0.1) is 13.4 Å². The molecule has 0 aromatic heterocycles. The molecule has 0 radical (unpaired) electrons. The van der Waals surface area contributed by atoms with Crippen molar-refractivity contribution in [2.75, 3.05) is 7.11 Å². The zero-order chi connectivity index (χ0) is 12.9. The molecule has 1 unspecified atom stereocenters. The SMILES string of the molecule is COC(=O)C1(C=CO[Si](C)(C)C)C=CC=CC1. The van der Waals surface area contributed by atoms with Gasteiger partial charge in [-0.1, -0.05) is 24.3 Å². The number of esters is 1. The van der Waals surface area contributed by atoms with Gasteiger partial charge in [-0.2, -0.15) is 0 Å². The lowest BCUT2D eigenvalue weighted by atomic mass is 9.82. The molecule has 1 aliphatic rings. The molecular formula is C13H20O3Si. The van der Waals surface area contributed by atoms with E-state index in [-0.39, 0.29) is 5.97 Å². The molecule has 17 heavy (non-hydrogen) atoms. The Morgan fingerprint density at radius 1 is 1.35 bits per heavy atom. The van der Waals surface area contributed by atoms with E-state index >= 15 is 0 Å². The minimum absolute atomic E-state index is 0.256. The summed E-state index contributed by atoms with van der Waals surface area (Å²) in [5, 5.41) is 0. The lowest BCUT2D eigenvalue weighted by Gasteiger charge is -2.25. The molecule has 0 bridgehead atoms. The van der Waals surface area contributed by atoms with Crippen LogP contribution in [0.25, 0.3) is 0 Å². The van der Waals surface area contributed by atoms with Crippen LogP contribution < -0.4 is 0 Å². The van der Waals surface area contributed by atoms with E-state index in [0.29, 0.717) is 6.42 Å². The van der Waals surface area contributed by atoms with E-state index in [1.807, 2.05) is 24.3 Å². The summed E-state index contributed by atoms with van der Waals surface area (Å²) in [6.45, 7) is 6.29. The minimum atomic E-state index is -1.60. The normalized spacial score (nSPS) is 24.0. The largest absolute Gasteiger partial charge is 0.550 e. The second kappa shape index (κ2) is 5.36. The van der Waals surface area contributed by atoms with Crippen LogP contribution in [-0.2, 0) is 14.0 Å². The van der Waals surface area contributed by atoms with Crippen LogP contribution in [0.2, 0.25) is 19.6 Å². The Balaban J connectivity index is 2.82. The molecule has 4 heteroatoms. The molecule has 0 saturated heterocycles. The van der Waals surface area contributed by atoms with Gasteiger partial charge in [0, 0.05) is 0 Å². The first-order valence-electron chi connectivity index (χ1n) is 5.68. The minimum Gasteiger partial charge on any atom is -0.550 e. The van der Waals surface area contributed by atoms with Crippen molar-refractivity contribution in [3.63, 3.8) is 0 Å². The predicted molar refractivity (Wildman–Crippen MR) is 70.9 cm³/mol. The molecule has 1 atom stereocenters. The first-order valence-corrected chi connectivity index (χ1v) is 9.09. The Morgan fingerprint density at radius 3 is 2.53 bits per heavy atom. The molecule has 0 heterocycles. The fourth-order valence-electron chi connectivity index (χ4n) is 1.53. The Hall–Kier alpha value is -1.29. The molecule has 0 aliphatic heterocycles. The van der Waals surface area contributed by atoms with Gasteiger partial charge >= 0.3 is 5.97 Å². The van der Waals surface area contributed by atoms with Gasteiger partial charge in [-0.05, 0) is 32.1 Å². The van der Waals surface area contributed by atoms with Gasteiger partial charge in [-0.25, -0.2) is 0 Å². The molecule has 0 fully saturated rings. The van der Waals surface area contributed by atoms with Crippen LogP contribution in [0.1, 0.15) is 6.42 Å². The summed E-state index contributed by atoms with van der Waals surface area (Å²) in [5.74, 6) is -0.256. The average Bonchev–Trinajstić information content (AvgIpc) is 2.27. The predicted octanol–water partition coefficient (Wildman–Crippen LogP) is 3.03. The second-order valence-electron chi connectivity index (χ2n) is 5.06. The third kappa shape index (κ3) is 3.89. The number of rotatable bonds is 4. The van der Waals surface area contributed by atoms with Gasteiger partial charge in [-0.3, -0.25) is 4.79 Å². The van der Waals surface area contributed by atoms with Crippen LogP contribution in [0.4, 0.5) is 0 Å². The van der Waals surface area contributed by atoms with Gasteiger partial charge in [0.25, 0.3) is 0 Å². The Kier molecular flexibility index (Phi) is 4.34. The molecule has 0 amide bonds. The summed E-state index contributed by atoms with van der Waals surface area (Å²) in [4.78, 5) is 11.8. The number of hydrogen-bond acceptors (Lipinski definition) is 3. The summed E-state index contributed by atoms with van der Waals surface area (Å²) < 4.78 is 10.5. The zero-order valence-corrected chi connectivity index (χ0v) is 11.9. The van der Waals surface area contributed by atoms with Crippen LogP contribution in [0, 0.1) is 5.41 Å². The van der Waals surface area contributed by atoms with E-state index in [4.69, 9.17) is 9.16 Å². The summed E-state index contributed by atoms with van der Waals surface area (Å²) in [5.41, 5.74) is -0.705. The monoisotopic (exact) mass is 252 g/mol. The molecule has 0 spiro atoms. The van der Waals surface area contributed by atoms with Gasteiger partial charge in [0.2, 0.25) is 8.32 Å². The van der Waals surface area contributed by atoms with E-state index < -0.39 is 13.7 Å². The highest BCUT2D eigenvalue weighted by atomic mass is 28.4. The Bertz CT molecular complexity index is 363. The van der Waals surface area contributed by atoms with Gasteiger partial charge in [0.1, 0.15) is 5.41 Å². The molecular weight excluding hydrogens is 232 g/mol. The molecule has 94 valence electrons. The van der Waals surface area contributed by atoms with Crippen molar-refractivity contribution in [2.24, 2.45) is 5.41 Å². The number of allylic oxidation sites excluding steroid dienone is 3. The van der Waals surface area contributed by atoms with Crippen molar-refractivity contribution in [3.05, 3.63) is 36.6 Å². The summed E-state index contributed by atoms with van der Waals surface area (Å²) in [6, 6.07) is 0. The third-order valence-electron chi connectivity index (χ3n) is 2.45. The lowest BCUT2D eigenvalue weighted by molar-refractivity contribution is -0.147. The maximum Gasteiger partial charge on any atom is 0.320 e. The molecule has 0 N–H and O–H groups in total. The quantitative estimate of drug-likeness (QED) is 0.438. The van der Waals surface area contributed by atoms with Crippen LogP contribution in [-0.4, -0.2) is 21.4 Å². The summed E-state index contributed by atoms with van der Waals surface area (Å²) in [6.07, 6.45) is 11.6. The van der Waals surface area contributed by atoms with Crippen molar-refractivity contribution in [1.29, 1.82) is 0 Å². The first-order chi connectivity index (χ1) is 7.90. The highest BCUT2D eigenvalue weighted by Crippen LogP contribution is 2.31. The molecule has 0 aromatic rings. The first kappa shape index (κ1) is 13.8. The summed E-state index contributed by atoms with van der Waals surface area (Å²) >= 11 is 0. The maximum absolute atomic E-state index is 11.8. The van der Waals surface area contributed by atoms with Crippen molar-refractivity contribution < 1.29 is 14.0 Å². The number of carbonyl (C=O) groups is 1. The van der Waals surface area contributed by atoms with E-state index in [0.717, 1.165) is 0 Å². The standard InChI is InChI=1S/C13H20O3Si/c1-15-12(14)13(8-6-5-7-9-13)10-11-16-17(2,3)4/h5-8,10-11H,9H2,1-4H3. The van der Waals surface area contributed by atoms with Crippen molar-refractivity contribution in [1.82, 2.24) is 0 Å². The van der Waals surface area contributed by atoms with Crippen molar-refractivity contribution in [3.8, 4) is 0 Å². The van der Waals surface area contributed by atoms with Gasteiger partial charge in [0.15, 0.2) is 0 Å². The highest BCUT2D eigenvalue weighted by molar-refractivity contribution is 6.69. The fraction of sp³-hybridized carbons (Fsp3) is 0.462. The smallest absolute Gasteiger partial charge is 0.320 e. The van der Waals surface area contributed by atoms with E-state index in [1.165, 1.54) is 7.11 Å². The lowest BCUT2D eigenvalue weighted by Crippen LogP contribution is -2.29. The average molecular weight is 252 g/mol.